The third kappa shape index (κ3) is 3.44. The normalized spacial score (nSPS) is 13.7. The van der Waals surface area contributed by atoms with Gasteiger partial charge in [-0.3, -0.25) is 10.1 Å². The van der Waals surface area contributed by atoms with Crippen LogP contribution in [0.1, 0.15) is 26.7 Å². The summed E-state index contributed by atoms with van der Waals surface area (Å²) in [5.74, 6) is 0. The molecule has 0 amide bonds. The first kappa shape index (κ1) is 16.4. The Hall–Kier alpha value is -0.700. The summed E-state index contributed by atoms with van der Waals surface area (Å²) in [4.78, 5) is 10.0. The first-order chi connectivity index (χ1) is 8.71. The van der Waals surface area contributed by atoms with E-state index in [0.29, 0.717) is 11.3 Å². The molecule has 1 aromatic rings. The molecule has 1 heterocycles. The zero-order valence-corrected chi connectivity index (χ0v) is 13.2. The fraction of sp³-hybridized carbons (Fsp3) is 0.600. The van der Waals surface area contributed by atoms with E-state index in [1.165, 1.54) is 11.4 Å². The molecule has 9 heteroatoms. The molecular weight excluding hydrogens is 312 g/mol. The lowest BCUT2D eigenvalue weighted by molar-refractivity contribution is -0.384. The molecule has 0 radical (unpaired) electrons. The van der Waals surface area contributed by atoms with Crippen molar-refractivity contribution in [2.24, 2.45) is 0 Å². The van der Waals surface area contributed by atoms with E-state index < -0.39 is 14.9 Å². The minimum Gasteiger partial charge on any atom is -0.258 e. The van der Waals surface area contributed by atoms with Crippen molar-refractivity contribution in [3.8, 4) is 0 Å². The van der Waals surface area contributed by atoms with E-state index in [9.17, 15) is 18.5 Å². The maximum atomic E-state index is 12.3. The van der Waals surface area contributed by atoms with Crippen LogP contribution in [0.4, 0.5) is 5.69 Å². The molecule has 0 aliphatic rings. The van der Waals surface area contributed by atoms with Crippen molar-refractivity contribution in [3.05, 3.63) is 20.5 Å². The van der Waals surface area contributed by atoms with Gasteiger partial charge in [-0.2, -0.15) is 4.31 Å². The molecule has 0 aliphatic carbocycles. The van der Waals surface area contributed by atoms with Gasteiger partial charge in [-0.1, -0.05) is 24.9 Å². The van der Waals surface area contributed by atoms with Crippen LogP contribution >= 0.6 is 22.9 Å². The lowest BCUT2D eigenvalue weighted by Gasteiger charge is -2.22. The van der Waals surface area contributed by atoms with Gasteiger partial charge in [-0.05, 0) is 13.3 Å². The van der Waals surface area contributed by atoms with Crippen LogP contribution in [-0.4, -0.2) is 30.7 Å². The summed E-state index contributed by atoms with van der Waals surface area (Å²) in [5.41, 5.74) is -0.373. The van der Waals surface area contributed by atoms with Crippen LogP contribution < -0.4 is 0 Å². The van der Waals surface area contributed by atoms with Crippen molar-refractivity contribution >= 4 is 38.6 Å². The van der Waals surface area contributed by atoms with Crippen molar-refractivity contribution in [1.82, 2.24) is 4.31 Å². The first-order valence-corrected chi connectivity index (χ1v) is 8.27. The van der Waals surface area contributed by atoms with Gasteiger partial charge < -0.3 is 0 Å². The smallest absolute Gasteiger partial charge is 0.258 e. The van der Waals surface area contributed by atoms with Crippen LogP contribution in [0.15, 0.2) is 10.3 Å². The standard InChI is InChI=1S/C10H15ClN2O4S2/c1-4-5-7(2)12(3)19(16,17)9-6-8(13(14)15)10(11)18-9/h6-7H,4-5H2,1-3H3. The Morgan fingerprint density at radius 2 is 2.16 bits per heavy atom. The first-order valence-electron chi connectivity index (χ1n) is 5.63. The van der Waals surface area contributed by atoms with Crippen molar-refractivity contribution < 1.29 is 13.3 Å². The molecule has 108 valence electrons. The summed E-state index contributed by atoms with van der Waals surface area (Å²) in [5, 5.41) is 10.7. The zero-order chi connectivity index (χ0) is 14.8. The Labute approximate surface area is 121 Å². The summed E-state index contributed by atoms with van der Waals surface area (Å²) < 4.78 is 25.6. The molecule has 0 N–H and O–H groups in total. The second-order valence-corrected chi connectivity index (χ2v) is 8.02. The van der Waals surface area contributed by atoms with Gasteiger partial charge >= 0.3 is 0 Å². The van der Waals surface area contributed by atoms with E-state index in [2.05, 4.69) is 0 Å². The van der Waals surface area contributed by atoms with Gasteiger partial charge in [-0.15, -0.1) is 11.3 Å². The summed E-state index contributed by atoms with van der Waals surface area (Å²) >= 11 is 6.39. The number of nitro groups is 1. The van der Waals surface area contributed by atoms with Crippen LogP contribution in [0.25, 0.3) is 0 Å². The van der Waals surface area contributed by atoms with Gasteiger partial charge in [0.2, 0.25) is 0 Å². The lowest BCUT2D eigenvalue weighted by Crippen LogP contribution is -2.34. The Morgan fingerprint density at radius 1 is 1.58 bits per heavy atom. The average Bonchev–Trinajstić information content (AvgIpc) is 2.71. The maximum Gasteiger partial charge on any atom is 0.300 e. The number of thiophene rings is 1. The third-order valence-electron chi connectivity index (χ3n) is 2.80. The largest absolute Gasteiger partial charge is 0.300 e. The van der Waals surface area contributed by atoms with Crippen molar-refractivity contribution in [2.45, 2.75) is 36.9 Å². The van der Waals surface area contributed by atoms with Crippen LogP contribution in [0.5, 0.6) is 0 Å². The van der Waals surface area contributed by atoms with E-state index >= 15 is 0 Å². The number of nitrogens with zero attached hydrogens (tertiary/aromatic N) is 2. The minimum atomic E-state index is -3.73. The number of rotatable bonds is 6. The van der Waals surface area contributed by atoms with Gasteiger partial charge in [0.1, 0.15) is 4.21 Å². The molecule has 0 aromatic carbocycles. The van der Waals surface area contributed by atoms with E-state index in [-0.39, 0.29) is 20.3 Å². The quantitative estimate of drug-likeness (QED) is 0.594. The summed E-state index contributed by atoms with van der Waals surface area (Å²) in [6.07, 6.45) is 1.57. The lowest BCUT2D eigenvalue weighted by atomic mass is 10.2. The summed E-state index contributed by atoms with van der Waals surface area (Å²) in [6.45, 7) is 3.76. The monoisotopic (exact) mass is 326 g/mol. The molecule has 0 bridgehead atoms. The second kappa shape index (κ2) is 6.17. The van der Waals surface area contributed by atoms with E-state index in [4.69, 9.17) is 11.6 Å². The van der Waals surface area contributed by atoms with Crippen molar-refractivity contribution in [3.63, 3.8) is 0 Å². The molecule has 1 unspecified atom stereocenters. The van der Waals surface area contributed by atoms with Gasteiger partial charge in [0.15, 0.2) is 4.34 Å². The Kier molecular flexibility index (Phi) is 5.31. The number of hydrogen-bond donors (Lipinski definition) is 0. The predicted molar refractivity (Wildman–Crippen MR) is 75.3 cm³/mol. The fourth-order valence-corrected chi connectivity index (χ4v) is 4.81. The van der Waals surface area contributed by atoms with Gasteiger partial charge in [0, 0.05) is 19.2 Å². The van der Waals surface area contributed by atoms with Crippen LogP contribution in [0, 0.1) is 10.1 Å². The molecular formula is C10H15ClN2O4S2. The zero-order valence-electron chi connectivity index (χ0n) is 10.8. The second-order valence-electron chi connectivity index (χ2n) is 4.14. The van der Waals surface area contributed by atoms with Gasteiger partial charge in [0.25, 0.3) is 15.7 Å². The van der Waals surface area contributed by atoms with E-state index in [1.54, 1.807) is 6.92 Å². The van der Waals surface area contributed by atoms with Crippen molar-refractivity contribution in [1.29, 1.82) is 0 Å². The number of sulfonamides is 1. The molecule has 0 spiro atoms. The number of hydrogen-bond acceptors (Lipinski definition) is 5. The molecule has 0 fully saturated rings. The highest BCUT2D eigenvalue weighted by atomic mass is 35.5. The van der Waals surface area contributed by atoms with E-state index in [1.807, 2.05) is 6.92 Å². The highest BCUT2D eigenvalue weighted by Gasteiger charge is 2.30. The summed E-state index contributed by atoms with van der Waals surface area (Å²) in [6, 6.07) is 0.840. The molecule has 6 nitrogen and oxygen atoms in total. The molecule has 0 aliphatic heterocycles. The SMILES string of the molecule is CCCC(C)N(C)S(=O)(=O)c1cc([N+](=O)[O-])c(Cl)s1. The van der Waals surface area contributed by atoms with Crippen molar-refractivity contribution in [2.75, 3.05) is 7.05 Å². The molecule has 1 atom stereocenters. The highest BCUT2D eigenvalue weighted by molar-refractivity contribution is 7.91. The summed E-state index contributed by atoms with van der Waals surface area (Å²) in [7, 11) is -2.27. The molecule has 19 heavy (non-hydrogen) atoms. The molecule has 0 saturated heterocycles. The topological polar surface area (TPSA) is 80.5 Å². The maximum absolute atomic E-state index is 12.3. The molecule has 0 saturated carbocycles. The molecule has 1 aromatic heterocycles. The van der Waals surface area contributed by atoms with Crippen LogP contribution in [-0.2, 0) is 10.0 Å². The Balaban J connectivity index is 3.13. The Bertz CT molecular complexity index is 570. The van der Waals surface area contributed by atoms with Gasteiger partial charge in [-0.25, -0.2) is 8.42 Å². The number of halogens is 1. The fourth-order valence-electron chi connectivity index (χ4n) is 1.57. The minimum absolute atomic E-state index is 0.102. The predicted octanol–water partition coefficient (Wildman–Crippen LogP) is 3.12. The molecule has 1 rings (SSSR count). The van der Waals surface area contributed by atoms with Crippen LogP contribution in [0.3, 0.4) is 0 Å². The van der Waals surface area contributed by atoms with Gasteiger partial charge in [0.05, 0.1) is 4.92 Å². The van der Waals surface area contributed by atoms with Crippen LogP contribution in [0.2, 0.25) is 4.34 Å². The van der Waals surface area contributed by atoms with E-state index in [0.717, 1.165) is 18.9 Å². The Morgan fingerprint density at radius 3 is 2.58 bits per heavy atom. The third-order valence-corrected chi connectivity index (χ3v) is 6.56. The highest BCUT2D eigenvalue weighted by Crippen LogP contribution is 2.37. The average molecular weight is 327 g/mol.